The average molecular weight is 352 g/mol. The fourth-order valence-electron chi connectivity index (χ4n) is 2.23. The number of benzene rings is 1. The van der Waals surface area contributed by atoms with Crippen molar-refractivity contribution in [3.8, 4) is 5.75 Å². The number of nitro benzene ring substituents is 1. The Kier molecular flexibility index (Phi) is 6.12. The van der Waals surface area contributed by atoms with Gasteiger partial charge in [0.15, 0.2) is 5.75 Å². The number of methoxy groups -OCH3 is 1. The molecule has 2 N–H and O–H groups in total. The Morgan fingerprint density at radius 1 is 1.36 bits per heavy atom. The molecule has 8 nitrogen and oxygen atoms in total. The van der Waals surface area contributed by atoms with E-state index in [1.807, 2.05) is 0 Å². The van der Waals surface area contributed by atoms with E-state index in [-0.39, 0.29) is 34.8 Å². The van der Waals surface area contributed by atoms with Gasteiger partial charge in [0.1, 0.15) is 0 Å². The minimum absolute atomic E-state index is 0. The predicted octanol–water partition coefficient (Wildman–Crippen LogP) is 1.14. The SMILES string of the molecule is COc1cc(S(=O)(=O)N2CCC(N)CC2)ccc1[N+](=O)[O-].Cl. The van der Waals surface area contributed by atoms with Crippen molar-refractivity contribution in [3.63, 3.8) is 0 Å². The third-order valence-electron chi connectivity index (χ3n) is 3.48. The molecule has 0 spiro atoms. The van der Waals surface area contributed by atoms with Crippen molar-refractivity contribution in [2.75, 3.05) is 20.2 Å². The maximum atomic E-state index is 12.5. The first-order valence-corrected chi connectivity index (χ1v) is 7.88. The fourth-order valence-corrected chi connectivity index (χ4v) is 3.72. The molecule has 1 saturated heterocycles. The average Bonchev–Trinajstić information content (AvgIpc) is 2.46. The smallest absolute Gasteiger partial charge is 0.310 e. The first-order chi connectivity index (χ1) is 9.86. The van der Waals surface area contributed by atoms with Crippen molar-refractivity contribution in [2.45, 2.75) is 23.8 Å². The Hall–Kier alpha value is -1.42. The van der Waals surface area contributed by atoms with Crippen LogP contribution in [0.15, 0.2) is 23.1 Å². The number of halogens is 1. The van der Waals surface area contributed by atoms with E-state index in [9.17, 15) is 18.5 Å². The van der Waals surface area contributed by atoms with Gasteiger partial charge in [-0.3, -0.25) is 10.1 Å². The molecule has 1 aliphatic heterocycles. The Morgan fingerprint density at radius 2 is 1.95 bits per heavy atom. The zero-order valence-electron chi connectivity index (χ0n) is 12.0. The van der Waals surface area contributed by atoms with Crippen molar-refractivity contribution in [2.24, 2.45) is 5.73 Å². The molecule has 124 valence electrons. The third kappa shape index (κ3) is 3.67. The molecule has 0 radical (unpaired) electrons. The first kappa shape index (κ1) is 18.6. The van der Waals surface area contributed by atoms with Crippen molar-refractivity contribution in [3.05, 3.63) is 28.3 Å². The molecule has 22 heavy (non-hydrogen) atoms. The van der Waals surface area contributed by atoms with Crippen LogP contribution in [0.2, 0.25) is 0 Å². The Balaban J connectivity index is 0.00000242. The number of sulfonamides is 1. The molecule has 0 bridgehead atoms. The second-order valence-electron chi connectivity index (χ2n) is 4.83. The van der Waals surface area contributed by atoms with E-state index < -0.39 is 14.9 Å². The summed E-state index contributed by atoms with van der Waals surface area (Å²) in [5.74, 6) is -0.0743. The Labute approximate surface area is 134 Å². The molecule has 10 heteroatoms. The van der Waals surface area contributed by atoms with Gasteiger partial charge < -0.3 is 10.5 Å². The van der Waals surface area contributed by atoms with E-state index in [0.717, 1.165) is 6.07 Å². The molecule has 2 rings (SSSR count). The summed E-state index contributed by atoms with van der Waals surface area (Å²) >= 11 is 0. The van der Waals surface area contributed by atoms with E-state index in [1.54, 1.807) is 0 Å². The van der Waals surface area contributed by atoms with Gasteiger partial charge in [0.2, 0.25) is 10.0 Å². The molecule has 1 aromatic carbocycles. The summed E-state index contributed by atoms with van der Waals surface area (Å²) < 4.78 is 31.3. The fraction of sp³-hybridized carbons (Fsp3) is 0.500. The molecule has 0 amide bonds. The number of hydrogen-bond acceptors (Lipinski definition) is 6. The summed E-state index contributed by atoms with van der Waals surface area (Å²) in [6.45, 7) is 0.700. The Bertz CT molecular complexity index is 644. The standard InChI is InChI=1S/C12H17N3O5S.ClH/c1-20-12-8-10(2-3-11(12)15(16)17)21(18,19)14-6-4-9(13)5-7-14;/h2-3,8-9H,4-7,13H2,1H3;1H. The van der Waals surface area contributed by atoms with Gasteiger partial charge in [-0.15, -0.1) is 12.4 Å². The molecule has 0 aromatic heterocycles. The first-order valence-electron chi connectivity index (χ1n) is 6.44. The lowest BCUT2D eigenvalue weighted by Gasteiger charge is -2.29. The van der Waals surface area contributed by atoms with E-state index in [1.165, 1.54) is 23.5 Å². The topological polar surface area (TPSA) is 116 Å². The number of nitrogens with two attached hydrogens (primary N) is 1. The highest BCUT2D eigenvalue weighted by Crippen LogP contribution is 2.31. The van der Waals surface area contributed by atoms with E-state index in [0.29, 0.717) is 25.9 Å². The second kappa shape index (κ2) is 7.23. The molecule has 0 unspecified atom stereocenters. The monoisotopic (exact) mass is 351 g/mol. The lowest BCUT2D eigenvalue weighted by molar-refractivity contribution is -0.385. The van der Waals surface area contributed by atoms with Gasteiger partial charge >= 0.3 is 5.69 Å². The quantitative estimate of drug-likeness (QED) is 0.642. The molecule has 1 aliphatic rings. The minimum Gasteiger partial charge on any atom is -0.490 e. The maximum absolute atomic E-state index is 12.5. The van der Waals surface area contributed by atoms with Crippen LogP contribution in [0.25, 0.3) is 0 Å². The number of nitrogens with zero attached hydrogens (tertiary/aromatic N) is 2. The summed E-state index contributed by atoms with van der Waals surface area (Å²) in [6.07, 6.45) is 1.20. The molecule has 1 heterocycles. The van der Waals surface area contributed by atoms with Crippen LogP contribution in [0.1, 0.15) is 12.8 Å². The van der Waals surface area contributed by atoms with Gasteiger partial charge in [0.05, 0.1) is 16.9 Å². The second-order valence-corrected chi connectivity index (χ2v) is 6.77. The van der Waals surface area contributed by atoms with E-state index in [2.05, 4.69) is 0 Å². The number of hydrogen-bond donors (Lipinski definition) is 1. The number of nitro groups is 1. The van der Waals surface area contributed by atoms with Crippen LogP contribution in [0.5, 0.6) is 5.75 Å². The van der Waals surface area contributed by atoms with Crippen LogP contribution < -0.4 is 10.5 Å². The Morgan fingerprint density at radius 3 is 2.45 bits per heavy atom. The summed E-state index contributed by atoms with van der Waals surface area (Å²) in [5, 5.41) is 10.8. The highest BCUT2D eigenvalue weighted by molar-refractivity contribution is 7.89. The van der Waals surface area contributed by atoms with Crippen LogP contribution in [0.4, 0.5) is 5.69 Å². The van der Waals surface area contributed by atoms with Crippen molar-refractivity contribution in [1.29, 1.82) is 0 Å². The van der Waals surface area contributed by atoms with Crippen LogP contribution in [-0.4, -0.2) is 43.9 Å². The summed E-state index contributed by atoms with van der Waals surface area (Å²) in [5.41, 5.74) is 5.49. The molecule has 0 aliphatic carbocycles. The van der Waals surface area contributed by atoms with Crippen molar-refractivity contribution in [1.82, 2.24) is 4.31 Å². The summed E-state index contributed by atoms with van der Waals surface area (Å²) in [4.78, 5) is 10.2. The predicted molar refractivity (Wildman–Crippen MR) is 82.9 cm³/mol. The molecule has 0 atom stereocenters. The highest BCUT2D eigenvalue weighted by atomic mass is 35.5. The summed E-state index contributed by atoms with van der Waals surface area (Å²) in [6, 6.07) is 3.57. The highest BCUT2D eigenvalue weighted by Gasteiger charge is 2.29. The normalized spacial score (nSPS) is 16.8. The zero-order valence-corrected chi connectivity index (χ0v) is 13.6. The van der Waals surface area contributed by atoms with Gasteiger partial charge in [-0.25, -0.2) is 8.42 Å². The third-order valence-corrected chi connectivity index (χ3v) is 5.38. The van der Waals surface area contributed by atoms with Crippen molar-refractivity contribution < 1.29 is 18.1 Å². The summed E-state index contributed by atoms with van der Waals surface area (Å²) in [7, 11) is -2.42. The molecule has 1 aromatic rings. The lowest BCUT2D eigenvalue weighted by atomic mass is 10.1. The lowest BCUT2D eigenvalue weighted by Crippen LogP contribution is -2.42. The van der Waals surface area contributed by atoms with E-state index >= 15 is 0 Å². The van der Waals surface area contributed by atoms with Gasteiger partial charge in [-0.05, 0) is 18.9 Å². The van der Waals surface area contributed by atoms with Crippen LogP contribution in [0.3, 0.4) is 0 Å². The molecular weight excluding hydrogens is 334 g/mol. The van der Waals surface area contributed by atoms with Crippen molar-refractivity contribution >= 4 is 28.1 Å². The maximum Gasteiger partial charge on any atom is 0.310 e. The largest absolute Gasteiger partial charge is 0.490 e. The minimum atomic E-state index is -3.69. The van der Waals surface area contributed by atoms with Crippen LogP contribution >= 0.6 is 12.4 Å². The van der Waals surface area contributed by atoms with Crippen LogP contribution in [0, 0.1) is 10.1 Å². The van der Waals surface area contributed by atoms with Crippen LogP contribution in [-0.2, 0) is 10.0 Å². The number of rotatable bonds is 4. The zero-order chi connectivity index (χ0) is 15.6. The van der Waals surface area contributed by atoms with Gasteiger partial charge in [-0.2, -0.15) is 4.31 Å². The molecule has 1 fully saturated rings. The van der Waals surface area contributed by atoms with Gasteiger partial charge in [-0.1, -0.05) is 0 Å². The van der Waals surface area contributed by atoms with E-state index in [4.69, 9.17) is 10.5 Å². The molecular formula is C12H18ClN3O5S. The number of piperidine rings is 1. The van der Waals surface area contributed by atoms with Gasteiger partial charge in [0, 0.05) is 31.3 Å². The molecule has 0 saturated carbocycles. The van der Waals surface area contributed by atoms with Gasteiger partial charge in [0.25, 0.3) is 0 Å². The number of ether oxygens (including phenoxy) is 1.